The van der Waals surface area contributed by atoms with Gasteiger partial charge in [0, 0.05) is 24.4 Å². The Balaban J connectivity index is 2.14. The third-order valence-electron chi connectivity index (χ3n) is 2.59. The zero-order valence-corrected chi connectivity index (χ0v) is 13.9. The molecule has 1 aromatic heterocycles. The van der Waals surface area contributed by atoms with Gasteiger partial charge in [0.25, 0.3) is 0 Å². The number of benzene rings is 1. The Morgan fingerprint density at radius 3 is 2.81 bits per heavy atom. The highest BCUT2D eigenvalue weighted by molar-refractivity contribution is 9.10. The average molecular weight is 375 g/mol. The van der Waals surface area contributed by atoms with E-state index in [0.717, 1.165) is 18.1 Å². The summed E-state index contributed by atoms with van der Waals surface area (Å²) in [6.45, 7) is 4.77. The second-order valence-corrected chi connectivity index (χ2v) is 5.59. The molecule has 0 atom stereocenters. The van der Waals surface area contributed by atoms with Gasteiger partial charge in [-0.15, -0.1) is 0 Å². The Hall–Kier alpha value is -1.40. The number of aryl methyl sites for hydroxylation is 1. The predicted molar refractivity (Wildman–Crippen MR) is 84.4 cm³/mol. The fourth-order valence-corrected chi connectivity index (χ4v) is 2.48. The smallest absolute Gasteiger partial charge is 0.168 e. The molecule has 0 bridgehead atoms. The van der Waals surface area contributed by atoms with Gasteiger partial charge < -0.3 is 10.1 Å². The van der Waals surface area contributed by atoms with E-state index in [4.69, 9.17) is 16.3 Å². The first-order chi connectivity index (χ1) is 9.99. The summed E-state index contributed by atoms with van der Waals surface area (Å²) in [7, 11) is 0. The van der Waals surface area contributed by atoms with Gasteiger partial charge in [0.2, 0.25) is 0 Å². The molecule has 0 aliphatic carbocycles. The maximum atomic E-state index is 13.4. The Morgan fingerprint density at radius 1 is 1.33 bits per heavy atom. The van der Waals surface area contributed by atoms with E-state index in [2.05, 4.69) is 31.2 Å². The van der Waals surface area contributed by atoms with Gasteiger partial charge >= 0.3 is 0 Å². The van der Waals surface area contributed by atoms with Gasteiger partial charge in [-0.1, -0.05) is 11.6 Å². The highest BCUT2D eigenvalue weighted by Gasteiger charge is 2.09. The molecule has 0 aliphatic rings. The topological polar surface area (TPSA) is 47.0 Å². The molecule has 4 nitrogen and oxygen atoms in total. The highest BCUT2D eigenvalue weighted by atomic mass is 79.9. The van der Waals surface area contributed by atoms with Gasteiger partial charge in [0.15, 0.2) is 5.82 Å². The van der Waals surface area contributed by atoms with Crippen LogP contribution in [0.4, 0.5) is 10.2 Å². The van der Waals surface area contributed by atoms with E-state index in [1.54, 1.807) is 0 Å². The molecular formula is C14H14BrClFN3O. The Kier molecular flexibility index (Phi) is 5.36. The first-order valence-corrected chi connectivity index (χ1v) is 7.52. The quantitative estimate of drug-likeness (QED) is 0.790. The summed E-state index contributed by atoms with van der Waals surface area (Å²) in [4.78, 5) is 8.62. The number of hydrogen-bond acceptors (Lipinski definition) is 4. The minimum absolute atomic E-state index is 0.0375. The van der Waals surface area contributed by atoms with Crippen molar-refractivity contribution in [1.29, 1.82) is 0 Å². The van der Waals surface area contributed by atoms with E-state index >= 15 is 0 Å². The van der Waals surface area contributed by atoms with Crippen molar-refractivity contribution < 1.29 is 9.13 Å². The fraction of sp³-hybridized carbons (Fsp3) is 0.286. The highest BCUT2D eigenvalue weighted by Crippen LogP contribution is 2.30. The van der Waals surface area contributed by atoms with E-state index in [1.807, 2.05) is 19.9 Å². The van der Waals surface area contributed by atoms with Crippen LogP contribution in [0, 0.1) is 12.7 Å². The molecule has 2 aromatic rings. The SMILES string of the molecule is CCNc1cc(C)nc(COc2cc(F)c(Cl)cc2Br)n1. The van der Waals surface area contributed by atoms with E-state index in [-0.39, 0.29) is 11.6 Å². The van der Waals surface area contributed by atoms with E-state index in [0.29, 0.717) is 16.0 Å². The third-order valence-corrected chi connectivity index (χ3v) is 3.50. The van der Waals surface area contributed by atoms with E-state index in [1.165, 1.54) is 12.1 Å². The number of hydrogen-bond donors (Lipinski definition) is 1. The van der Waals surface area contributed by atoms with Crippen LogP contribution in [0.5, 0.6) is 5.75 Å². The minimum Gasteiger partial charge on any atom is -0.484 e. The second kappa shape index (κ2) is 7.04. The molecule has 0 saturated heterocycles. The van der Waals surface area contributed by atoms with Crippen LogP contribution in [-0.2, 0) is 6.61 Å². The summed E-state index contributed by atoms with van der Waals surface area (Å²) < 4.78 is 19.6. The number of aromatic nitrogens is 2. The summed E-state index contributed by atoms with van der Waals surface area (Å²) in [5.41, 5.74) is 0.834. The van der Waals surface area contributed by atoms with Crippen LogP contribution in [0.2, 0.25) is 5.02 Å². The normalized spacial score (nSPS) is 10.5. The number of nitrogens with zero attached hydrogens (tertiary/aromatic N) is 2. The van der Waals surface area contributed by atoms with E-state index in [9.17, 15) is 4.39 Å². The van der Waals surface area contributed by atoms with Crippen molar-refractivity contribution in [2.24, 2.45) is 0 Å². The maximum absolute atomic E-state index is 13.4. The third kappa shape index (κ3) is 4.28. The summed E-state index contributed by atoms with van der Waals surface area (Å²) in [6, 6.07) is 4.53. The summed E-state index contributed by atoms with van der Waals surface area (Å²) in [5, 5.41) is 3.16. The van der Waals surface area contributed by atoms with Crippen molar-refractivity contribution >= 4 is 33.3 Å². The molecule has 0 unspecified atom stereocenters. The lowest BCUT2D eigenvalue weighted by Gasteiger charge is -2.10. The fourth-order valence-electron chi connectivity index (χ4n) is 1.72. The zero-order valence-electron chi connectivity index (χ0n) is 11.6. The number of anilines is 1. The van der Waals surface area contributed by atoms with Crippen molar-refractivity contribution in [3.8, 4) is 5.75 Å². The molecule has 0 fully saturated rings. The molecule has 2 rings (SSSR count). The lowest BCUT2D eigenvalue weighted by Crippen LogP contribution is -2.07. The lowest BCUT2D eigenvalue weighted by atomic mass is 10.3. The molecule has 112 valence electrons. The van der Waals surface area contributed by atoms with Gasteiger partial charge in [0.05, 0.1) is 9.50 Å². The van der Waals surface area contributed by atoms with Crippen LogP contribution in [-0.4, -0.2) is 16.5 Å². The summed E-state index contributed by atoms with van der Waals surface area (Å²) in [5.74, 6) is 1.08. The van der Waals surface area contributed by atoms with Gasteiger partial charge in [0.1, 0.15) is 24.0 Å². The first kappa shape index (κ1) is 16.0. The molecule has 7 heteroatoms. The van der Waals surface area contributed by atoms with Crippen molar-refractivity contribution in [2.75, 3.05) is 11.9 Å². The zero-order chi connectivity index (χ0) is 15.4. The lowest BCUT2D eigenvalue weighted by molar-refractivity contribution is 0.292. The van der Waals surface area contributed by atoms with Crippen LogP contribution in [0.3, 0.4) is 0 Å². The Morgan fingerprint density at radius 2 is 2.10 bits per heavy atom. The Labute approximate surface area is 135 Å². The summed E-state index contributed by atoms with van der Waals surface area (Å²) in [6.07, 6.45) is 0. The molecule has 1 heterocycles. The summed E-state index contributed by atoms with van der Waals surface area (Å²) >= 11 is 8.97. The van der Waals surface area contributed by atoms with Gasteiger partial charge in [-0.25, -0.2) is 14.4 Å². The average Bonchev–Trinajstić information content (AvgIpc) is 2.41. The molecule has 21 heavy (non-hydrogen) atoms. The van der Waals surface area contributed by atoms with Crippen molar-refractivity contribution in [2.45, 2.75) is 20.5 Å². The van der Waals surface area contributed by atoms with Crippen molar-refractivity contribution in [1.82, 2.24) is 9.97 Å². The molecule has 0 radical (unpaired) electrons. The van der Waals surface area contributed by atoms with Crippen LogP contribution >= 0.6 is 27.5 Å². The maximum Gasteiger partial charge on any atom is 0.168 e. The number of halogens is 3. The monoisotopic (exact) mass is 373 g/mol. The van der Waals surface area contributed by atoms with E-state index < -0.39 is 5.82 Å². The van der Waals surface area contributed by atoms with Crippen LogP contribution < -0.4 is 10.1 Å². The standard InChI is InChI=1S/C14H14BrClFN3O/c1-3-18-13-4-8(2)19-14(20-13)7-21-12-6-11(17)10(16)5-9(12)15/h4-6H,3,7H2,1-2H3,(H,18,19,20). The molecule has 0 amide bonds. The first-order valence-electron chi connectivity index (χ1n) is 6.35. The van der Waals surface area contributed by atoms with Crippen molar-refractivity contribution in [3.05, 3.63) is 45.0 Å². The number of ether oxygens (including phenoxy) is 1. The Bertz CT molecular complexity index is 654. The molecule has 1 N–H and O–H groups in total. The molecular weight excluding hydrogens is 361 g/mol. The van der Waals surface area contributed by atoms with Crippen molar-refractivity contribution in [3.63, 3.8) is 0 Å². The largest absolute Gasteiger partial charge is 0.484 e. The predicted octanol–water partition coefficient (Wildman–Crippen LogP) is 4.35. The molecule has 0 saturated carbocycles. The number of rotatable bonds is 5. The molecule has 0 aliphatic heterocycles. The second-order valence-electron chi connectivity index (χ2n) is 4.33. The van der Waals surface area contributed by atoms with Crippen LogP contribution in [0.25, 0.3) is 0 Å². The van der Waals surface area contributed by atoms with Gasteiger partial charge in [-0.05, 0) is 35.8 Å². The van der Waals surface area contributed by atoms with Crippen LogP contribution in [0.15, 0.2) is 22.7 Å². The number of nitrogens with one attached hydrogen (secondary N) is 1. The van der Waals surface area contributed by atoms with Gasteiger partial charge in [-0.3, -0.25) is 0 Å². The minimum atomic E-state index is -0.534. The molecule has 0 spiro atoms. The van der Waals surface area contributed by atoms with Gasteiger partial charge in [-0.2, -0.15) is 0 Å². The van der Waals surface area contributed by atoms with Crippen LogP contribution in [0.1, 0.15) is 18.4 Å². The molecule has 1 aromatic carbocycles.